The molecule has 0 saturated carbocycles. The maximum atomic E-state index is 14.0. The van der Waals surface area contributed by atoms with Gasteiger partial charge in [-0.05, 0) is 100 Å². The molecule has 2 atom stereocenters. The molecular formula is C48H36ClF3N4O5. The average Bonchev–Trinajstić information content (AvgIpc) is 3.27. The zero-order valence-electron chi connectivity index (χ0n) is 32.3. The molecule has 2 heterocycles. The van der Waals surface area contributed by atoms with Crippen LogP contribution >= 0.6 is 11.6 Å². The van der Waals surface area contributed by atoms with E-state index in [1.165, 1.54) is 12.1 Å². The number of fused-ring (bicyclic) bond motifs is 2. The lowest BCUT2D eigenvalue weighted by molar-refractivity contribution is -0.137. The molecule has 306 valence electrons. The van der Waals surface area contributed by atoms with Gasteiger partial charge in [-0.2, -0.15) is 18.4 Å². The van der Waals surface area contributed by atoms with Gasteiger partial charge in [0.1, 0.15) is 24.1 Å². The summed E-state index contributed by atoms with van der Waals surface area (Å²) in [5, 5.41) is 14.7. The number of carbonyl (C=O) groups excluding carboxylic acids is 3. The second-order valence-corrected chi connectivity index (χ2v) is 15.1. The van der Waals surface area contributed by atoms with Gasteiger partial charge >= 0.3 is 6.18 Å². The zero-order chi connectivity index (χ0) is 42.7. The Labute approximate surface area is 354 Å². The number of rotatable bonds is 10. The molecule has 0 aromatic heterocycles. The third-order valence-electron chi connectivity index (χ3n) is 10.7. The highest BCUT2D eigenvalue weighted by Gasteiger charge is 2.38. The predicted octanol–water partition coefficient (Wildman–Crippen LogP) is 9.47. The van der Waals surface area contributed by atoms with Crippen LogP contribution in [0.5, 0.6) is 11.5 Å². The minimum absolute atomic E-state index is 0.122. The van der Waals surface area contributed by atoms with Gasteiger partial charge in [-0.15, -0.1) is 0 Å². The van der Waals surface area contributed by atoms with E-state index in [1.807, 2.05) is 42.5 Å². The normalized spacial score (nSPS) is 15.7. The van der Waals surface area contributed by atoms with E-state index in [0.29, 0.717) is 46.8 Å². The van der Waals surface area contributed by atoms with Crippen LogP contribution in [0.3, 0.4) is 0 Å². The van der Waals surface area contributed by atoms with Crippen LogP contribution in [0, 0.1) is 11.3 Å². The lowest BCUT2D eigenvalue weighted by Crippen LogP contribution is -2.52. The van der Waals surface area contributed by atoms with Crippen molar-refractivity contribution in [2.75, 3.05) is 11.9 Å². The predicted molar refractivity (Wildman–Crippen MR) is 223 cm³/mol. The molecule has 6 aromatic carbocycles. The van der Waals surface area contributed by atoms with E-state index in [1.54, 1.807) is 77.7 Å². The Hall–Kier alpha value is -7.10. The number of benzene rings is 6. The van der Waals surface area contributed by atoms with E-state index in [0.717, 1.165) is 33.9 Å². The van der Waals surface area contributed by atoms with Crippen molar-refractivity contribution < 1.29 is 37.0 Å². The third kappa shape index (κ3) is 9.07. The minimum atomic E-state index is -4.60. The van der Waals surface area contributed by atoms with Crippen molar-refractivity contribution in [3.63, 3.8) is 0 Å². The number of ether oxygens (including phenoxy) is 2. The summed E-state index contributed by atoms with van der Waals surface area (Å²) in [5.41, 5.74) is 5.92. The van der Waals surface area contributed by atoms with Gasteiger partial charge in [-0.25, -0.2) is 0 Å². The van der Waals surface area contributed by atoms with Crippen LogP contribution in [0.15, 0.2) is 133 Å². The van der Waals surface area contributed by atoms with Crippen molar-refractivity contribution >= 4 is 35.0 Å². The Kier molecular flexibility index (Phi) is 11.5. The Morgan fingerprint density at radius 2 is 1.56 bits per heavy atom. The van der Waals surface area contributed by atoms with Crippen molar-refractivity contribution in [2.24, 2.45) is 0 Å². The number of anilines is 1. The van der Waals surface area contributed by atoms with E-state index in [2.05, 4.69) is 16.7 Å². The van der Waals surface area contributed by atoms with Gasteiger partial charge in [0.25, 0.3) is 11.8 Å². The highest BCUT2D eigenvalue weighted by Crippen LogP contribution is 2.40. The third-order valence-corrected chi connectivity index (χ3v) is 11.0. The standard InChI is InChI=1S/C48H36ClF3N4O5/c49-40-19-10-31(22-39(40)48(50,51)52)28-60-38-17-15-34(16-18-38)44-46(58)55-41-23-36-24-42(56(27-37(36)25-43(41)61-44)47(59)35-4-2-1-3-5-35)45(57)54-21-20-29-6-11-32(12-7-29)33-13-8-30(26-53)9-14-33/h1-19,22-23,25,42,44H,20-21,24,27-28H2,(H,54,57)(H,55,58). The molecule has 0 bridgehead atoms. The summed E-state index contributed by atoms with van der Waals surface area (Å²) >= 11 is 5.74. The molecule has 0 fully saturated rings. The summed E-state index contributed by atoms with van der Waals surface area (Å²) < 4.78 is 51.9. The highest BCUT2D eigenvalue weighted by molar-refractivity contribution is 6.31. The molecule has 0 spiro atoms. The van der Waals surface area contributed by atoms with E-state index < -0.39 is 34.8 Å². The molecule has 9 nitrogen and oxygen atoms in total. The quantitative estimate of drug-likeness (QED) is 0.142. The topological polar surface area (TPSA) is 121 Å². The smallest absolute Gasteiger partial charge is 0.417 e. The fourth-order valence-corrected chi connectivity index (χ4v) is 7.66. The molecule has 0 radical (unpaired) electrons. The lowest BCUT2D eigenvalue weighted by Gasteiger charge is -2.37. The molecule has 2 N–H and O–H groups in total. The number of amides is 3. The summed E-state index contributed by atoms with van der Waals surface area (Å²) in [4.78, 5) is 42.8. The number of nitriles is 1. The summed E-state index contributed by atoms with van der Waals surface area (Å²) in [6.07, 6.45) is -4.85. The van der Waals surface area contributed by atoms with E-state index >= 15 is 0 Å². The number of nitrogens with one attached hydrogen (secondary N) is 2. The molecular weight excluding hydrogens is 805 g/mol. The van der Waals surface area contributed by atoms with Crippen molar-refractivity contribution in [1.82, 2.24) is 10.2 Å². The Morgan fingerprint density at radius 3 is 2.25 bits per heavy atom. The first-order chi connectivity index (χ1) is 29.4. The van der Waals surface area contributed by atoms with Gasteiger partial charge in [0.05, 0.1) is 27.9 Å². The van der Waals surface area contributed by atoms with Gasteiger partial charge in [0.15, 0.2) is 0 Å². The van der Waals surface area contributed by atoms with Crippen molar-refractivity contribution in [3.05, 3.63) is 183 Å². The molecule has 3 amide bonds. The monoisotopic (exact) mass is 840 g/mol. The second kappa shape index (κ2) is 17.2. The van der Waals surface area contributed by atoms with E-state index in [9.17, 15) is 27.6 Å². The maximum absolute atomic E-state index is 14.0. The van der Waals surface area contributed by atoms with Crippen molar-refractivity contribution in [1.29, 1.82) is 5.26 Å². The summed E-state index contributed by atoms with van der Waals surface area (Å²) in [6.45, 7) is 0.332. The Balaban J connectivity index is 0.945. The molecule has 0 saturated heterocycles. The summed E-state index contributed by atoms with van der Waals surface area (Å²) in [7, 11) is 0. The Bertz CT molecular complexity index is 2650. The first kappa shape index (κ1) is 40.7. The highest BCUT2D eigenvalue weighted by atomic mass is 35.5. The molecule has 2 aliphatic heterocycles. The molecule has 8 rings (SSSR count). The Morgan fingerprint density at radius 1 is 0.869 bits per heavy atom. The van der Waals surface area contributed by atoms with Crippen LogP contribution in [0.25, 0.3) is 11.1 Å². The molecule has 0 aliphatic carbocycles. The molecule has 2 aliphatic rings. The summed E-state index contributed by atoms with van der Waals surface area (Å²) in [5.74, 6) is -0.248. The number of carbonyl (C=O) groups is 3. The first-order valence-corrected chi connectivity index (χ1v) is 19.8. The van der Waals surface area contributed by atoms with E-state index in [4.69, 9.17) is 26.3 Å². The maximum Gasteiger partial charge on any atom is 0.417 e. The lowest BCUT2D eigenvalue weighted by atomic mass is 9.91. The fraction of sp³-hybridized carbons (Fsp3) is 0.167. The van der Waals surface area contributed by atoms with Crippen LogP contribution in [-0.2, 0) is 41.8 Å². The van der Waals surface area contributed by atoms with E-state index in [-0.39, 0.29) is 37.0 Å². The van der Waals surface area contributed by atoms with Crippen LogP contribution in [0.4, 0.5) is 18.9 Å². The molecule has 2 unspecified atom stereocenters. The largest absolute Gasteiger partial charge is 0.489 e. The van der Waals surface area contributed by atoms with Gasteiger partial charge in [-0.3, -0.25) is 14.4 Å². The SMILES string of the molecule is N#Cc1ccc(-c2ccc(CCNC(=O)C3Cc4cc5c(cc4CN3C(=O)c3ccccc3)OC(c3ccc(OCc4ccc(Cl)c(C(F)(F)F)c4)cc3)C(=O)N5)cc2)cc1. The second-order valence-electron chi connectivity index (χ2n) is 14.7. The van der Waals surface area contributed by atoms with Gasteiger partial charge in [-0.1, -0.05) is 84.4 Å². The zero-order valence-corrected chi connectivity index (χ0v) is 33.1. The fourth-order valence-electron chi connectivity index (χ4n) is 7.44. The summed E-state index contributed by atoms with van der Waals surface area (Å²) in [6, 6.07) is 39.1. The number of halogens is 4. The number of nitrogens with zero attached hydrogens (tertiary/aromatic N) is 2. The van der Waals surface area contributed by atoms with Gasteiger partial charge < -0.3 is 25.0 Å². The molecule has 6 aromatic rings. The van der Waals surface area contributed by atoms with Crippen molar-refractivity contribution in [2.45, 2.75) is 44.3 Å². The first-order valence-electron chi connectivity index (χ1n) is 19.4. The average molecular weight is 841 g/mol. The number of alkyl halides is 3. The van der Waals surface area contributed by atoms with Crippen molar-refractivity contribution in [3.8, 4) is 28.7 Å². The van der Waals surface area contributed by atoms with Gasteiger partial charge in [0, 0.05) is 30.6 Å². The molecule has 13 heteroatoms. The number of hydrogen-bond donors (Lipinski definition) is 2. The van der Waals surface area contributed by atoms with Crippen LogP contribution in [0.1, 0.15) is 55.4 Å². The van der Waals surface area contributed by atoms with Crippen LogP contribution in [-0.4, -0.2) is 35.2 Å². The molecule has 61 heavy (non-hydrogen) atoms. The minimum Gasteiger partial charge on any atom is -0.489 e. The van der Waals surface area contributed by atoms with Crippen LogP contribution in [0.2, 0.25) is 5.02 Å². The van der Waals surface area contributed by atoms with Crippen LogP contribution < -0.4 is 20.1 Å². The number of hydrogen-bond acceptors (Lipinski definition) is 6. The van der Waals surface area contributed by atoms with Gasteiger partial charge in [0.2, 0.25) is 12.0 Å².